The summed E-state index contributed by atoms with van der Waals surface area (Å²) in [5, 5.41) is 10.9. The Morgan fingerprint density at radius 1 is 1.55 bits per heavy atom. The topological polar surface area (TPSA) is 81.6 Å². The molecule has 2 rings (SSSR count). The lowest BCUT2D eigenvalue weighted by atomic mass is 9.90. The maximum atomic E-state index is 10.9. The van der Waals surface area contributed by atoms with Gasteiger partial charge in [0.05, 0.1) is 12.0 Å². The van der Waals surface area contributed by atoms with Crippen LogP contribution >= 0.6 is 0 Å². The number of likely N-dealkylation sites (tertiary alicyclic amines) is 1. The van der Waals surface area contributed by atoms with E-state index in [0.717, 1.165) is 25.1 Å². The van der Waals surface area contributed by atoms with E-state index in [1.54, 1.807) is 19.2 Å². The monoisotopic (exact) mass is 279 g/mol. The number of hydrogen-bond acceptors (Lipinski definition) is 5. The van der Waals surface area contributed by atoms with Crippen LogP contribution in [0, 0.1) is 15.5 Å². The summed E-state index contributed by atoms with van der Waals surface area (Å²) >= 11 is 0. The van der Waals surface area contributed by atoms with E-state index in [-0.39, 0.29) is 16.0 Å². The Morgan fingerprint density at radius 3 is 2.85 bits per heavy atom. The second kappa shape index (κ2) is 5.76. The lowest BCUT2D eigenvalue weighted by Gasteiger charge is -2.23. The minimum absolute atomic E-state index is 0.0987. The molecule has 2 N–H and O–H groups in total. The highest BCUT2D eigenvalue weighted by Crippen LogP contribution is 2.32. The largest absolute Gasteiger partial charge is 0.496 e. The highest BCUT2D eigenvalue weighted by Gasteiger charge is 2.32. The zero-order valence-electron chi connectivity index (χ0n) is 12.0. The van der Waals surface area contributed by atoms with Gasteiger partial charge in [-0.25, -0.2) is 0 Å². The summed E-state index contributed by atoms with van der Waals surface area (Å²) in [7, 11) is 1.58. The average molecular weight is 279 g/mol. The maximum absolute atomic E-state index is 10.9. The molecule has 1 aromatic carbocycles. The van der Waals surface area contributed by atoms with E-state index in [2.05, 4.69) is 11.8 Å². The fraction of sp³-hybridized carbons (Fsp3) is 0.571. The van der Waals surface area contributed by atoms with Crippen molar-refractivity contribution in [1.82, 2.24) is 4.90 Å². The molecule has 0 radical (unpaired) electrons. The van der Waals surface area contributed by atoms with Gasteiger partial charge in [-0.3, -0.25) is 15.0 Å². The molecule has 0 bridgehead atoms. The summed E-state index contributed by atoms with van der Waals surface area (Å²) in [6.45, 7) is 5.36. The first-order chi connectivity index (χ1) is 9.47. The molecule has 0 amide bonds. The van der Waals surface area contributed by atoms with E-state index in [0.29, 0.717) is 18.8 Å². The third-order valence-electron chi connectivity index (χ3n) is 4.00. The molecule has 1 saturated heterocycles. The van der Waals surface area contributed by atoms with E-state index >= 15 is 0 Å². The van der Waals surface area contributed by atoms with Crippen molar-refractivity contribution in [3.8, 4) is 5.75 Å². The van der Waals surface area contributed by atoms with Gasteiger partial charge in [-0.1, -0.05) is 6.92 Å². The SMILES string of the molecule is COc1ccc([N+](=O)[O-])cc1CN1CCC(C)(CN)C1. The summed E-state index contributed by atoms with van der Waals surface area (Å²) in [5.41, 5.74) is 6.90. The molecular weight excluding hydrogens is 258 g/mol. The minimum atomic E-state index is -0.378. The van der Waals surface area contributed by atoms with Crippen LogP contribution in [0.5, 0.6) is 5.75 Å². The Morgan fingerprint density at radius 2 is 2.30 bits per heavy atom. The number of nitro benzene ring substituents is 1. The van der Waals surface area contributed by atoms with E-state index < -0.39 is 0 Å². The molecule has 1 aromatic rings. The second-order valence-electron chi connectivity index (χ2n) is 5.73. The van der Waals surface area contributed by atoms with Crippen LogP contribution < -0.4 is 10.5 Å². The first-order valence-electron chi connectivity index (χ1n) is 6.71. The summed E-state index contributed by atoms with van der Waals surface area (Å²) in [6, 6.07) is 4.72. The molecule has 110 valence electrons. The average Bonchev–Trinajstić information content (AvgIpc) is 2.81. The third-order valence-corrected chi connectivity index (χ3v) is 4.00. The van der Waals surface area contributed by atoms with Crippen LogP contribution in [0.25, 0.3) is 0 Å². The highest BCUT2D eigenvalue weighted by atomic mass is 16.6. The number of hydrogen-bond donors (Lipinski definition) is 1. The van der Waals surface area contributed by atoms with Crippen LogP contribution in [0.1, 0.15) is 18.9 Å². The van der Waals surface area contributed by atoms with Gasteiger partial charge in [-0.15, -0.1) is 0 Å². The van der Waals surface area contributed by atoms with Gasteiger partial charge in [-0.2, -0.15) is 0 Å². The van der Waals surface area contributed by atoms with Crippen molar-refractivity contribution in [2.75, 3.05) is 26.7 Å². The Hall–Kier alpha value is -1.66. The molecule has 6 nitrogen and oxygen atoms in total. The van der Waals surface area contributed by atoms with Crippen LogP contribution in [0.4, 0.5) is 5.69 Å². The molecular formula is C14H21N3O3. The van der Waals surface area contributed by atoms with Crippen LogP contribution in [0.2, 0.25) is 0 Å². The van der Waals surface area contributed by atoms with Gasteiger partial charge in [0.25, 0.3) is 5.69 Å². The molecule has 1 fully saturated rings. The quantitative estimate of drug-likeness (QED) is 0.656. The standard InChI is InChI=1S/C14H21N3O3/c1-14(9-15)5-6-16(10-14)8-11-7-12(17(18)19)3-4-13(11)20-2/h3-4,7H,5-6,8-10,15H2,1-2H3. The van der Waals surface area contributed by atoms with Gasteiger partial charge in [0.1, 0.15) is 5.75 Å². The van der Waals surface area contributed by atoms with Gasteiger partial charge in [0.15, 0.2) is 0 Å². The number of non-ortho nitro benzene ring substituents is 1. The highest BCUT2D eigenvalue weighted by molar-refractivity contribution is 5.43. The van der Waals surface area contributed by atoms with Crippen molar-refractivity contribution in [2.24, 2.45) is 11.1 Å². The molecule has 1 aliphatic heterocycles. The Labute approximate surface area is 118 Å². The molecule has 1 heterocycles. The van der Waals surface area contributed by atoms with E-state index in [4.69, 9.17) is 10.5 Å². The normalized spacial score (nSPS) is 22.9. The van der Waals surface area contributed by atoms with Gasteiger partial charge in [0, 0.05) is 30.8 Å². The number of nitrogens with zero attached hydrogens (tertiary/aromatic N) is 2. The van der Waals surface area contributed by atoms with Gasteiger partial charge >= 0.3 is 0 Å². The minimum Gasteiger partial charge on any atom is -0.496 e. The van der Waals surface area contributed by atoms with Crippen molar-refractivity contribution in [1.29, 1.82) is 0 Å². The van der Waals surface area contributed by atoms with Crippen LogP contribution in [-0.2, 0) is 6.54 Å². The molecule has 1 aliphatic rings. The van der Waals surface area contributed by atoms with Crippen LogP contribution in [0.3, 0.4) is 0 Å². The first-order valence-corrected chi connectivity index (χ1v) is 6.71. The fourth-order valence-electron chi connectivity index (χ4n) is 2.67. The zero-order chi connectivity index (χ0) is 14.8. The molecule has 0 saturated carbocycles. The second-order valence-corrected chi connectivity index (χ2v) is 5.73. The lowest BCUT2D eigenvalue weighted by molar-refractivity contribution is -0.384. The number of rotatable bonds is 5. The van der Waals surface area contributed by atoms with Crippen molar-refractivity contribution in [3.05, 3.63) is 33.9 Å². The summed E-state index contributed by atoms with van der Waals surface area (Å²) < 4.78 is 5.29. The fourth-order valence-corrected chi connectivity index (χ4v) is 2.67. The molecule has 0 aromatic heterocycles. The van der Waals surface area contributed by atoms with Crippen LogP contribution in [-0.4, -0.2) is 36.6 Å². The molecule has 0 aliphatic carbocycles. The smallest absolute Gasteiger partial charge is 0.270 e. The predicted molar refractivity (Wildman–Crippen MR) is 76.7 cm³/mol. The lowest BCUT2D eigenvalue weighted by Crippen LogP contribution is -2.31. The molecule has 0 spiro atoms. The summed E-state index contributed by atoms with van der Waals surface area (Å²) in [5.74, 6) is 0.692. The molecule has 20 heavy (non-hydrogen) atoms. The molecule has 1 atom stereocenters. The van der Waals surface area contributed by atoms with Crippen molar-refractivity contribution in [2.45, 2.75) is 19.9 Å². The van der Waals surface area contributed by atoms with Gasteiger partial charge in [-0.05, 0) is 31.0 Å². The number of methoxy groups -OCH3 is 1. The summed E-state index contributed by atoms with van der Waals surface area (Å²) in [4.78, 5) is 12.8. The maximum Gasteiger partial charge on any atom is 0.270 e. The zero-order valence-corrected chi connectivity index (χ0v) is 12.0. The van der Waals surface area contributed by atoms with Crippen molar-refractivity contribution < 1.29 is 9.66 Å². The van der Waals surface area contributed by atoms with E-state index in [1.807, 2.05) is 0 Å². The predicted octanol–water partition coefficient (Wildman–Crippen LogP) is 1.77. The van der Waals surface area contributed by atoms with Crippen LogP contribution in [0.15, 0.2) is 18.2 Å². The van der Waals surface area contributed by atoms with Crippen molar-refractivity contribution in [3.63, 3.8) is 0 Å². The summed E-state index contributed by atoms with van der Waals surface area (Å²) in [6.07, 6.45) is 1.06. The van der Waals surface area contributed by atoms with Gasteiger partial charge < -0.3 is 10.5 Å². The molecule has 6 heteroatoms. The number of ether oxygens (including phenoxy) is 1. The molecule has 1 unspecified atom stereocenters. The number of nitrogens with two attached hydrogens (primary N) is 1. The Balaban J connectivity index is 2.16. The van der Waals surface area contributed by atoms with E-state index in [1.165, 1.54) is 6.07 Å². The number of nitro groups is 1. The van der Waals surface area contributed by atoms with Crippen molar-refractivity contribution >= 4 is 5.69 Å². The number of benzene rings is 1. The Bertz CT molecular complexity index is 506. The van der Waals surface area contributed by atoms with E-state index in [9.17, 15) is 10.1 Å². The third kappa shape index (κ3) is 3.08. The first kappa shape index (κ1) is 14.7. The van der Waals surface area contributed by atoms with Gasteiger partial charge in [0.2, 0.25) is 0 Å². The Kier molecular flexibility index (Phi) is 4.25.